The molecule has 14 heteroatoms. The zero-order chi connectivity index (χ0) is 28.5. The van der Waals surface area contributed by atoms with Gasteiger partial charge in [0.2, 0.25) is 5.91 Å². The van der Waals surface area contributed by atoms with E-state index in [2.05, 4.69) is 0 Å². The molecule has 0 spiro atoms. The average molecular weight is 594 g/mol. The number of nitrogens with one attached hydrogen (secondary N) is 2. The summed E-state index contributed by atoms with van der Waals surface area (Å²) < 4.78 is 97.0. The van der Waals surface area contributed by atoms with Gasteiger partial charge in [-0.1, -0.05) is 61.6 Å². The minimum atomic E-state index is -5.20. The van der Waals surface area contributed by atoms with Gasteiger partial charge in [-0.2, -0.15) is 26.3 Å². The molecular formula is C23H18Cl3F7N2O2. The number of carbonyl (C=O) groups is 2. The summed E-state index contributed by atoms with van der Waals surface area (Å²) in [6, 6.07) is 3.05. The van der Waals surface area contributed by atoms with E-state index < -0.39 is 63.6 Å². The van der Waals surface area contributed by atoms with Gasteiger partial charge >= 0.3 is 12.4 Å². The van der Waals surface area contributed by atoms with Crippen molar-refractivity contribution in [1.82, 2.24) is 10.9 Å². The van der Waals surface area contributed by atoms with E-state index in [0.717, 1.165) is 12.1 Å². The number of benzene rings is 2. The summed E-state index contributed by atoms with van der Waals surface area (Å²) in [6.45, 7) is 4.46. The molecule has 2 aromatic rings. The van der Waals surface area contributed by atoms with Crippen LogP contribution >= 0.6 is 34.8 Å². The predicted molar refractivity (Wildman–Crippen MR) is 126 cm³/mol. The van der Waals surface area contributed by atoms with Crippen LogP contribution in [0, 0.1) is 5.41 Å². The van der Waals surface area contributed by atoms with Gasteiger partial charge in [-0.15, -0.1) is 0 Å². The Balaban J connectivity index is 2.51. The molecule has 0 aromatic heterocycles. The Hall–Kier alpha value is -2.50. The van der Waals surface area contributed by atoms with Crippen molar-refractivity contribution in [1.29, 1.82) is 0 Å². The molecule has 1 atom stereocenters. The largest absolute Gasteiger partial charge is 0.417 e. The summed E-state index contributed by atoms with van der Waals surface area (Å²) in [5, 5.41) is -0.930. The number of hydrogen-bond donors (Lipinski definition) is 2. The van der Waals surface area contributed by atoms with Gasteiger partial charge in [0.1, 0.15) is 11.7 Å². The zero-order valence-corrected chi connectivity index (χ0v) is 21.4. The van der Waals surface area contributed by atoms with Crippen LogP contribution in [0.4, 0.5) is 30.7 Å². The summed E-state index contributed by atoms with van der Waals surface area (Å²) in [5.74, 6) is -6.40. The van der Waals surface area contributed by atoms with Crippen molar-refractivity contribution in [2.24, 2.45) is 5.41 Å². The smallest absolute Gasteiger partial charge is 0.273 e. The fourth-order valence-corrected chi connectivity index (χ4v) is 3.48. The van der Waals surface area contributed by atoms with Gasteiger partial charge in [-0.3, -0.25) is 20.4 Å². The Morgan fingerprint density at radius 2 is 1.43 bits per heavy atom. The van der Waals surface area contributed by atoms with E-state index in [1.165, 1.54) is 20.8 Å². The fraction of sp³-hybridized carbons (Fsp3) is 0.304. The molecule has 37 heavy (non-hydrogen) atoms. The monoisotopic (exact) mass is 592 g/mol. The number of hydrogen-bond acceptors (Lipinski definition) is 2. The van der Waals surface area contributed by atoms with Gasteiger partial charge in [0, 0.05) is 11.0 Å². The maximum Gasteiger partial charge on any atom is 0.417 e. The average Bonchev–Trinajstić information content (AvgIpc) is 2.76. The molecule has 0 aliphatic heterocycles. The number of alkyl halides is 6. The molecule has 2 rings (SSSR count). The minimum Gasteiger partial charge on any atom is -0.273 e. The third-order valence-corrected chi connectivity index (χ3v) is 6.04. The van der Waals surface area contributed by atoms with E-state index in [0.29, 0.717) is 12.1 Å². The van der Waals surface area contributed by atoms with Crippen LogP contribution in [-0.2, 0) is 11.0 Å². The third kappa shape index (κ3) is 7.75. The Labute approximate surface area is 221 Å². The molecule has 202 valence electrons. The lowest BCUT2D eigenvalue weighted by Gasteiger charge is -2.20. The number of amides is 2. The quantitative estimate of drug-likeness (QED) is 0.214. The molecule has 2 aromatic carbocycles. The molecule has 2 amide bonds. The predicted octanol–water partition coefficient (Wildman–Crippen LogP) is 8.13. The topological polar surface area (TPSA) is 58.2 Å². The molecule has 0 aliphatic carbocycles. The minimum absolute atomic E-state index is 0.0503. The van der Waals surface area contributed by atoms with Crippen LogP contribution in [0.2, 0.25) is 15.1 Å². The molecule has 0 saturated carbocycles. The number of halogens is 10. The van der Waals surface area contributed by atoms with Crippen molar-refractivity contribution in [3.05, 3.63) is 73.7 Å². The standard InChI is InChI=1S/C23H18Cl3F7N2O2/c1-21(2,3)20(37)35-34-19(36)12-5-4-10(6-14(12)23(31,32)33)17(27)9-13(22(28,29)30)11-7-15(24)18(26)16(25)8-11/h4-9,13H,1-3H3,(H,34,36)(H,35,37). The second-order valence-corrected chi connectivity index (χ2v) is 9.94. The summed E-state index contributed by atoms with van der Waals surface area (Å²) in [6.07, 6.45) is -10.2. The molecule has 4 nitrogen and oxygen atoms in total. The fourth-order valence-electron chi connectivity index (χ4n) is 2.87. The molecule has 0 heterocycles. The van der Waals surface area contributed by atoms with Gasteiger partial charge in [0.25, 0.3) is 5.91 Å². The highest BCUT2D eigenvalue weighted by atomic mass is 35.5. The number of carbonyl (C=O) groups excluding carboxylic acids is 2. The summed E-state index contributed by atoms with van der Waals surface area (Å²) in [4.78, 5) is 24.2. The van der Waals surface area contributed by atoms with Gasteiger partial charge in [-0.25, -0.2) is 4.39 Å². The van der Waals surface area contributed by atoms with E-state index >= 15 is 0 Å². The second-order valence-electron chi connectivity index (χ2n) is 8.75. The van der Waals surface area contributed by atoms with Crippen molar-refractivity contribution in [3.8, 4) is 0 Å². The highest BCUT2D eigenvalue weighted by molar-refractivity contribution is 6.48. The third-order valence-electron chi connectivity index (χ3n) is 4.85. The molecule has 2 N–H and O–H groups in total. The maximum absolute atomic E-state index is 14.9. The highest BCUT2D eigenvalue weighted by Gasteiger charge is 2.41. The SMILES string of the molecule is CC(C)(C)C(=O)NNC(=O)c1ccc(C(F)=CC(c2cc(Cl)c(Cl)c(Cl)c2)C(F)(F)F)cc1C(F)(F)F. The Bertz CT molecular complexity index is 1210. The van der Waals surface area contributed by atoms with Crippen LogP contribution in [0.3, 0.4) is 0 Å². The lowest BCUT2D eigenvalue weighted by molar-refractivity contribution is -0.140. The van der Waals surface area contributed by atoms with Crippen molar-refractivity contribution < 1.29 is 40.3 Å². The van der Waals surface area contributed by atoms with E-state index in [9.17, 15) is 40.3 Å². The first-order chi connectivity index (χ1) is 16.7. The molecule has 0 fully saturated rings. The molecule has 0 saturated heterocycles. The molecule has 0 aliphatic rings. The van der Waals surface area contributed by atoms with Gasteiger partial charge in [0.05, 0.1) is 26.2 Å². The summed E-state index contributed by atoms with van der Waals surface area (Å²) >= 11 is 17.3. The van der Waals surface area contributed by atoms with Crippen LogP contribution in [0.5, 0.6) is 0 Å². The maximum atomic E-state index is 14.9. The van der Waals surface area contributed by atoms with Gasteiger partial charge < -0.3 is 0 Å². The van der Waals surface area contributed by atoms with E-state index in [4.69, 9.17) is 34.8 Å². The summed E-state index contributed by atoms with van der Waals surface area (Å²) in [5.41, 5.74) is -1.33. The van der Waals surface area contributed by atoms with Crippen LogP contribution in [0.25, 0.3) is 5.83 Å². The van der Waals surface area contributed by atoms with Crippen LogP contribution in [0.1, 0.15) is 53.7 Å². The number of rotatable bonds is 4. The zero-order valence-electron chi connectivity index (χ0n) is 19.1. The van der Waals surface area contributed by atoms with Gasteiger partial charge in [-0.05, 0) is 35.9 Å². The first kappa shape index (κ1) is 30.7. The Kier molecular flexibility index (Phi) is 9.20. The van der Waals surface area contributed by atoms with E-state index in [-0.39, 0.29) is 27.2 Å². The van der Waals surface area contributed by atoms with Crippen molar-refractivity contribution in [3.63, 3.8) is 0 Å². The molecular weight excluding hydrogens is 576 g/mol. The molecule has 0 bridgehead atoms. The first-order valence-corrected chi connectivity index (χ1v) is 11.3. The van der Waals surface area contributed by atoms with Crippen LogP contribution < -0.4 is 10.9 Å². The van der Waals surface area contributed by atoms with Crippen molar-refractivity contribution in [2.75, 3.05) is 0 Å². The molecule has 0 radical (unpaired) electrons. The second kappa shape index (κ2) is 11.1. The number of hydrazine groups is 1. The Morgan fingerprint density at radius 3 is 1.89 bits per heavy atom. The highest BCUT2D eigenvalue weighted by Crippen LogP contribution is 2.42. The van der Waals surface area contributed by atoms with Crippen LogP contribution in [-0.4, -0.2) is 18.0 Å². The van der Waals surface area contributed by atoms with Gasteiger partial charge in [0.15, 0.2) is 0 Å². The molecule has 1 unspecified atom stereocenters. The number of allylic oxidation sites excluding steroid dienone is 1. The van der Waals surface area contributed by atoms with Crippen molar-refractivity contribution >= 4 is 52.4 Å². The van der Waals surface area contributed by atoms with Crippen LogP contribution in [0.15, 0.2) is 36.4 Å². The van der Waals surface area contributed by atoms with E-state index in [1.54, 1.807) is 0 Å². The lowest BCUT2D eigenvalue weighted by Crippen LogP contribution is -2.47. The Morgan fingerprint density at radius 1 is 0.892 bits per heavy atom. The normalized spacial score (nSPS) is 13.8. The lowest BCUT2D eigenvalue weighted by atomic mass is 9.95. The van der Waals surface area contributed by atoms with E-state index in [1.807, 2.05) is 10.9 Å². The first-order valence-electron chi connectivity index (χ1n) is 10.1. The van der Waals surface area contributed by atoms with Crippen molar-refractivity contribution in [2.45, 2.75) is 39.0 Å². The summed E-state index contributed by atoms with van der Waals surface area (Å²) in [7, 11) is 0.